The number of nitrogens with zero attached hydrogens (tertiary/aromatic N) is 1. The van der Waals surface area contributed by atoms with E-state index in [1.807, 2.05) is 0 Å². The van der Waals surface area contributed by atoms with Crippen molar-refractivity contribution in [2.24, 2.45) is 0 Å². The number of alkyl carbamates (subject to hydrolysis) is 1. The molecule has 2 amide bonds. The predicted octanol–water partition coefficient (Wildman–Crippen LogP) is 1.92. The fraction of sp³-hybridized carbons (Fsp3) is 0.467. The first-order valence-electron chi connectivity index (χ1n) is 6.90. The summed E-state index contributed by atoms with van der Waals surface area (Å²) in [5.41, 5.74) is 0.748. The summed E-state index contributed by atoms with van der Waals surface area (Å²) in [7, 11) is 0. The molecule has 0 saturated heterocycles. The second-order valence-electron chi connectivity index (χ2n) is 5.75. The number of carbonyl (C=O) groups excluding carboxylic acids is 3. The predicted molar refractivity (Wildman–Crippen MR) is 81.9 cm³/mol. The lowest BCUT2D eigenvalue weighted by molar-refractivity contribution is -0.114. The molecule has 0 radical (unpaired) electrons. The maximum absolute atomic E-state index is 11.5. The minimum Gasteiger partial charge on any atom is -0.444 e. The molecule has 0 saturated carbocycles. The van der Waals surface area contributed by atoms with Crippen LogP contribution in [0.4, 0.5) is 10.5 Å². The molecule has 1 aromatic rings. The van der Waals surface area contributed by atoms with Crippen molar-refractivity contribution in [2.45, 2.75) is 39.7 Å². The molecule has 7 heteroatoms. The van der Waals surface area contributed by atoms with Crippen molar-refractivity contribution in [3.63, 3.8) is 0 Å². The van der Waals surface area contributed by atoms with Gasteiger partial charge in [-0.1, -0.05) is 0 Å². The monoisotopic (exact) mass is 307 g/mol. The van der Waals surface area contributed by atoms with Gasteiger partial charge in [-0.2, -0.15) is 0 Å². The molecule has 0 atom stereocenters. The summed E-state index contributed by atoms with van der Waals surface area (Å²) in [4.78, 5) is 37.6. The zero-order valence-corrected chi connectivity index (χ0v) is 13.2. The van der Waals surface area contributed by atoms with Crippen molar-refractivity contribution in [1.82, 2.24) is 10.3 Å². The molecule has 0 aliphatic carbocycles. The number of pyridine rings is 1. The number of aromatic nitrogens is 1. The van der Waals surface area contributed by atoms with E-state index in [9.17, 15) is 14.4 Å². The summed E-state index contributed by atoms with van der Waals surface area (Å²) in [6.07, 6.45) is 0.505. The molecule has 1 rings (SSSR count). The van der Waals surface area contributed by atoms with Crippen LogP contribution >= 0.6 is 0 Å². The molecule has 0 aliphatic heterocycles. The number of nitrogens with one attached hydrogen (secondary N) is 2. The first-order valence-corrected chi connectivity index (χ1v) is 6.90. The lowest BCUT2D eigenvalue weighted by Gasteiger charge is -2.19. The van der Waals surface area contributed by atoms with Gasteiger partial charge in [0.05, 0.1) is 0 Å². The highest BCUT2D eigenvalue weighted by molar-refractivity contribution is 5.89. The quantitative estimate of drug-likeness (QED) is 0.810. The molecule has 1 aromatic heterocycles. The van der Waals surface area contributed by atoms with Crippen molar-refractivity contribution in [3.8, 4) is 0 Å². The van der Waals surface area contributed by atoms with Gasteiger partial charge in [0, 0.05) is 31.3 Å². The lowest BCUT2D eigenvalue weighted by Crippen LogP contribution is -2.33. The third kappa shape index (κ3) is 6.83. The molecular formula is C15H21N3O4. The van der Waals surface area contributed by atoms with E-state index in [-0.39, 0.29) is 11.6 Å². The van der Waals surface area contributed by atoms with Gasteiger partial charge >= 0.3 is 6.09 Å². The Labute approximate surface area is 129 Å². The Balaban J connectivity index is 2.63. The van der Waals surface area contributed by atoms with Crippen molar-refractivity contribution in [3.05, 3.63) is 23.5 Å². The Morgan fingerprint density at radius 2 is 2.00 bits per heavy atom. The van der Waals surface area contributed by atoms with Gasteiger partial charge in [-0.25, -0.2) is 9.78 Å². The van der Waals surface area contributed by atoms with Gasteiger partial charge in [-0.15, -0.1) is 0 Å². The third-order valence-corrected chi connectivity index (χ3v) is 2.39. The fourth-order valence-corrected chi connectivity index (χ4v) is 1.68. The first kappa shape index (κ1) is 17.6. The molecule has 0 bridgehead atoms. The maximum atomic E-state index is 11.5. The smallest absolute Gasteiger partial charge is 0.407 e. The first-order chi connectivity index (χ1) is 10.2. The Morgan fingerprint density at radius 3 is 2.55 bits per heavy atom. The average Bonchev–Trinajstić information content (AvgIpc) is 2.35. The van der Waals surface area contributed by atoms with Gasteiger partial charge in [0.15, 0.2) is 6.29 Å². The van der Waals surface area contributed by atoms with Crippen LogP contribution in [0.1, 0.15) is 43.9 Å². The van der Waals surface area contributed by atoms with Crippen LogP contribution in [0.15, 0.2) is 12.1 Å². The van der Waals surface area contributed by atoms with E-state index in [1.54, 1.807) is 26.8 Å². The summed E-state index contributed by atoms with van der Waals surface area (Å²) in [5, 5.41) is 5.21. The number of carbonyl (C=O) groups is 3. The molecular weight excluding hydrogens is 286 g/mol. The molecule has 0 spiro atoms. The van der Waals surface area contributed by atoms with Gasteiger partial charge in [0.1, 0.15) is 11.3 Å². The number of anilines is 1. The number of ether oxygens (including phenoxy) is 1. The van der Waals surface area contributed by atoms with Gasteiger partial charge in [0.25, 0.3) is 0 Å². The van der Waals surface area contributed by atoms with Crippen molar-refractivity contribution < 1.29 is 19.1 Å². The maximum Gasteiger partial charge on any atom is 0.407 e. The van der Waals surface area contributed by atoms with Crippen LogP contribution in [0, 0.1) is 0 Å². The third-order valence-electron chi connectivity index (χ3n) is 2.39. The van der Waals surface area contributed by atoms with Crippen LogP contribution < -0.4 is 10.6 Å². The molecule has 22 heavy (non-hydrogen) atoms. The largest absolute Gasteiger partial charge is 0.444 e. The minimum absolute atomic E-state index is 0.221. The molecule has 0 unspecified atom stereocenters. The van der Waals surface area contributed by atoms with Crippen LogP contribution in [0.2, 0.25) is 0 Å². The lowest BCUT2D eigenvalue weighted by atomic mass is 10.2. The Hall–Kier alpha value is -2.44. The number of rotatable bonds is 5. The van der Waals surface area contributed by atoms with E-state index < -0.39 is 11.7 Å². The Kier molecular flexibility index (Phi) is 6.03. The van der Waals surface area contributed by atoms with Gasteiger partial charge in [0.2, 0.25) is 5.91 Å². The highest BCUT2D eigenvalue weighted by Crippen LogP contribution is 2.11. The highest BCUT2D eigenvalue weighted by Gasteiger charge is 2.15. The van der Waals surface area contributed by atoms with E-state index in [0.717, 1.165) is 0 Å². The molecule has 7 nitrogen and oxygen atoms in total. The van der Waals surface area contributed by atoms with Crippen molar-refractivity contribution in [1.29, 1.82) is 0 Å². The summed E-state index contributed by atoms with van der Waals surface area (Å²) >= 11 is 0. The molecule has 2 N–H and O–H groups in total. The Morgan fingerprint density at radius 1 is 1.32 bits per heavy atom. The topological polar surface area (TPSA) is 97.4 Å². The highest BCUT2D eigenvalue weighted by atomic mass is 16.6. The van der Waals surface area contributed by atoms with Crippen molar-refractivity contribution in [2.75, 3.05) is 11.9 Å². The molecule has 1 heterocycles. The number of amides is 2. The van der Waals surface area contributed by atoms with Crippen LogP contribution in [-0.4, -0.2) is 35.4 Å². The fourth-order valence-electron chi connectivity index (χ4n) is 1.68. The molecule has 0 aliphatic rings. The molecule has 120 valence electrons. The SMILES string of the molecule is CC(=O)Nc1cc(C=O)nc(CCNC(=O)OC(C)(C)C)c1. The van der Waals surface area contributed by atoms with E-state index in [0.29, 0.717) is 30.6 Å². The van der Waals surface area contributed by atoms with Crippen LogP contribution in [0.3, 0.4) is 0 Å². The van der Waals surface area contributed by atoms with Crippen LogP contribution in [0.5, 0.6) is 0 Å². The summed E-state index contributed by atoms with van der Waals surface area (Å²) in [5.74, 6) is -0.235. The zero-order chi connectivity index (χ0) is 16.8. The molecule has 0 fully saturated rings. The standard InChI is InChI=1S/C15H21N3O4/c1-10(20)17-12-7-11(18-13(8-12)9-19)5-6-16-14(21)22-15(2,3)4/h7-9H,5-6H2,1-4H3,(H,16,21)(H,17,18,20). The normalized spacial score (nSPS) is 10.7. The second-order valence-corrected chi connectivity index (χ2v) is 5.75. The Bertz CT molecular complexity index is 564. The number of hydrogen-bond donors (Lipinski definition) is 2. The second kappa shape index (κ2) is 7.53. The average molecular weight is 307 g/mol. The van der Waals surface area contributed by atoms with E-state index in [4.69, 9.17) is 4.74 Å². The van der Waals surface area contributed by atoms with E-state index in [1.165, 1.54) is 13.0 Å². The summed E-state index contributed by atoms with van der Waals surface area (Å²) in [6.45, 7) is 7.03. The van der Waals surface area contributed by atoms with Gasteiger partial charge < -0.3 is 15.4 Å². The van der Waals surface area contributed by atoms with E-state index >= 15 is 0 Å². The van der Waals surface area contributed by atoms with Crippen LogP contribution in [0.25, 0.3) is 0 Å². The minimum atomic E-state index is -0.557. The van der Waals surface area contributed by atoms with Crippen molar-refractivity contribution >= 4 is 24.0 Å². The number of hydrogen-bond acceptors (Lipinski definition) is 5. The van der Waals surface area contributed by atoms with E-state index in [2.05, 4.69) is 15.6 Å². The summed E-state index contributed by atoms with van der Waals surface area (Å²) < 4.78 is 5.11. The van der Waals surface area contributed by atoms with Crippen LogP contribution in [-0.2, 0) is 16.0 Å². The van der Waals surface area contributed by atoms with Gasteiger partial charge in [-0.05, 0) is 32.9 Å². The molecule has 0 aromatic carbocycles. The van der Waals surface area contributed by atoms with Gasteiger partial charge in [-0.3, -0.25) is 9.59 Å². The number of aldehydes is 1. The zero-order valence-electron chi connectivity index (χ0n) is 13.2. The summed E-state index contributed by atoms with van der Waals surface area (Å²) in [6, 6.07) is 3.14.